The van der Waals surface area contributed by atoms with E-state index in [4.69, 9.17) is 11.0 Å². The van der Waals surface area contributed by atoms with Gasteiger partial charge in [0.25, 0.3) is 6.43 Å². The minimum atomic E-state index is -2.79. The number of nitriles is 1. The summed E-state index contributed by atoms with van der Waals surface area (Å²) < 4.78 is 25.1. The van der Waals surface area contributed by atoms with E-state index in [0.29, 0.717) is 0 Å². The third-order valence-corrected chi connectivity index (χ3v) is 1.97. The van der Waals surface area contributed by atoms with E-state index in [2.05, 4.69) is 0 Å². The molecule has 0 aromatic heterocycles. The maximum atomic E-state index is 12.5. The van der Waals surface area contributed by atoms with E-state index in [9.17, 15) is 13.6 Å². The molecule has 0 aliphatic heterocycles. The van der Waals surface area contributed by atoms with E-state index < -0.39 is 17.8 Å². The van der Waals surface area contributed by atoms with E-state index in [0.717, 1.165) is 13.0 Å². The largest absolute Gasteiger partial charge is 0.398 e. The molecule has 15 heavy (non-hydrogen) atoms. The van der Waals surface area contributed by atoms with Crippen molar-refractivity contribution >= 4 is 11.5 Å². The Hall–Kier alpha value is -1.96. The Bertz CT molecular complexity index is 449. The van der Waals surface area contributed by atoms with E-state index in [-0.39, 0.29) is 16.8 Å². The molecular weight excluding hydrogens is 202 g/mol. The highest BCUT2D eigenvalue weighted by Gasteiger charge is 2.21. The van der Waals surface area contributed by atoms with Crippen LogP contribution >= 0.6 is 0 Å². The third-order valence-electron chi connectivity index (χ3n) is 1.97. The predicted octanol–water partition coefficient (Wildman–Crippen LogP) is 2.28. The fraction of sp³-hybridized carbons (Fsp3) is 0.200. The standard InChI is InChI=1S/C10H8F2N2O/c1-5(15)9-6(10(11)12)2-3-8(14)7(9)4-13/h2-3,10H,14H2,1H3. The zero-order chi connectivity index (χ0) is 11.6. The molecule has 78 valence electrons. The lowest BCUT2D eigenvalue weighted by molar-refractivity contribution is 0.0998. The molecule has 1 aromatic carbocycles. The Morgan fingerprint density at radius 1 is 1.53 bits per heavy atom. The topological polar surface area (TPSA) is 66.9 Å². The summed E-state index contributed by atoms with van der Waals surface area (Å²) in [6, 6.07) is 3.93. The van der Waals surface area contributed by atoms with Crippen molar-refractivity contribution < 1.29 is 13.6 Å². The van der Waals surface area contributed by atoms with Gasteiger partial charge < -0.3 is 5.73 Å². The second-order valence-corrected chi connectivity index (χ2v) is 2.96. The van der Waals surface area contributed by atoms with Gasteiger partial charge in [-0.3, -0.25) is 4.79 Å². The molecule has 0 saturated carbocycles. The van der Waals surface area contributed by atoms with Crippen LogP contribution in [0.5, 0.6) is 0 Å². The molecular formula is C10H8F2N2O. The molecule has 0 aliphatic carbocycles. The first-order valence-corrected chi connectivity index (χ1v) is 4.10. The van der Waals surface area contributed by atoms with Gasteiger partial charge in [0.2, 0.25) is 0 Å². The number of Topliss-reactive ketones (excluding diaryl/α,β-unsaturated/α-hetero) is 1. The summed E-state index contributed by atoms with van der Waals surface area (Å²) in [6.07, 6.45) is -2.79. The number of carbonyl (C=O) groups is 1. The normalized spacial score (nSPS) is 10.1. The molecule has 2 N–H and O–H groups in total. The molecule has 0 bridgehead atoms. The van der Waals surface area contributed by atoms with Gasteiger partial charge in [0.15, 0.2) is 5.78 Å². The van der Waals surface area contributed by atoms with Crippen molar-refractivity contribution in [1.82, 2.24) is 0 Å². The minimum absolute atomic E-state index is 0.0344. The molecule has 0 heterocycles. The number of nitrogens with two attached hydrogens (primary N) is 1. The maximum absolute atomic E-state index is 12.5. The van der Waals surface area contributed by atoms with Crippen LogP contribution in [0.4, 0.5) is 14.5 Å². The van der Waals surface area contributed by atoms with Crippen molar-refractivity contribution in [2.24, 2.45) is 0 Å². The van der Waals surface area contributed by atoms with Crippen molar-refractivity contribution in [2.45, 2.75) is 13.3 Å². The van der Waals surface area contributed by atoms with E-state index >= 15 is 0 Å². The predicted molar refractivity (Wildman–Crippen MR) is 50.5 cm³/mol. The second kappa shape index (κ2) is 4.05. The summed E-state index contributed by atoms with van der Waals surface area (Å²) in [5.41, 5.74) is 4.54. The van der Waals surface area contributed by atoms with Gasteiger partial charge in [-0.15, -0.1) is 0 Å². The summed E-state index contributed by atoms with van der Waals surface area (Å²) in [5, 5.41) is 8.73. The lowest BCUT2D eigenvalue weighted by atomic mass is 9.97. The fourth-order valence-electron chi connectivity index (χ4n) is 1.32. The molecule has 0 spiro atoms. The van der Waals surface area contributed by atoms with Gasteiger partial charge in [-0.05, 0) is 13.0 Å². The molecule has 1 aromatic rings. The lowest BCUT2D eigenvalue weighted by Gasteiger charge is -2.09. The number of benzene rings is 1. The molecule has 0 amide bonds. The average Bonchev–Trinajstić information content (AvgIpc) is 2.16. The van der Waals surface area contributed by atoms with Crippen LogP contribution in [-0.2, 0) is 0 Å². The molecule has 0 radical (unpaired) electrons. The van der Waals surface area contributed by atoms with Crippen LogP contribution in [0.2, 0.25) is 0 Å². The highest BCUT2D eigenvalue weighted by Crippen LogP contribution is 2.28. The van der Waals surface area contributed by atoms with Crippen molar-refractivity contribution in [1.29, 1.82) is 5.26 Å². The summed E-state index contributed by atoms with van der Waals surface area (Å²) >= 11 is 0. The molecule has 3 nitrogen and oxygen atoms in total. The second-order valence-electron chi connectivity index (χ2n) is 2.96. The Balaban J connectivity index is 3.58. The Labute approximate surface area is 85.1 Å². The molecule has 0 atom stereocenters. The van der Waals surface area contributed by atoms with Crippen LogP contribution in [0.15, 0.2) is 12.1 Å². The van der Waals surface area contributed by atoms with Gasteiger partial charge >= 0.3 is 0 Å². The first-order chi connectivity index (χ1) is 6.99. The number of nitrogen functional groups attached to an aromatic ring is 1. The zero-order valence-electron chi connectivity index (χ0n) is 7.92. The summed E-state index contributed by atoms with van der Waals surface area (Å²) in [4.78, 5) is 11.2. The molecule has 5 heteroatoms. The molecule has 0 aliphatic rings. The lowest BCUT2D eigenvalue weighted by Crippen LogP contribution is -2.06. The van der Waals surface area contributed by atoms with Crippen LogP contribution < -0.4 is 5.73 Å². The van der Waals surface area contributed by atoms with Gasteiger partial charge in [-0.1, -0.05) is 6.07 Å². The molecule has 0 saturated heterocycles. The van der Waals surface area contributed by atoms with Crippen molar-refractivity contribution in [3.8, 4) is 6.07 Å². The smallest absolute Gasteiger partial charge is 0.264 e. The van der Waals surface area contributed by atoms with Crippen molar-refractivity contribution in [3.05, 3.63) is 28.8 Å². The fourth-order valence-corrected chi connectivity index (χ4v) is 1.32. The van der Waals surface area contributed by atoms with Gasteiger partial charge in [0.1, 0.15) is 6.07 Å². The zero-order valence-corrected chi connectivity index (χ0v) is 7.92. The highest BCUT2D eigenvalue weighted by molar-refractivity contribution is 5.99. The molecule has 0 fully saturated rings. The number of rotatable bonds is 2. The number of hydrogen-bond acceptors (Lipinski definition) is 3. The molecule has 0 unspecified atom stereocenters. The van der Waals surface area contributed by atoms with Gasteiger partial charge in [-0.2, -0.15) is 5.26 Å². The number of nitrogens with zero attached hydrogens (tertiary/aromatic N) is 1. The first-order valence-electron chi connectivity index (χ1n) is 4.10. The Kier molecular flexibility index (Phi) is 3.00. The minimum Gasteiger partial charge on any atom is -0.398 e. The van der Waals surface area contributed by atoms with Gasteiger partial charge in [-0.25, -0.2) is 8.78 Å². The number of halogens is 2. The summed E-state index contributed by atoms with van der Waals surface area (Å²) in [6.45, 7) is 1.13. The van der Waals surface area contributed by atoms with Crippen LogP contribution in [0, 0.1) is 11.3 Å². The van der Waals surface area contributed by atoms with Crippen molar-refractivity contribution in [3.63, 3.8) is 0 Å². The van der Waals surface area contributed by atoms with E-state index in [1.54, 1.807) is 6.07 Å². The molecule has 1 rings (SSSR count). The van der Waals surface area contributed by atoms with E-state index in [1.807, 2.05) is 0 Å². The van der Waals surface area contributed by atoms with Gasteiger partial charge in [0.05, 0.1) is 11.3 Å². The number of ketones is 1. The quantitative estimate of drug-likeness (QED) is 0.601. The SMILES string of the molecule is CC(=O)c1c(C(F)F)ccc(N)c1C#N. The maximum Gasteiger partial charge on any atom is 0.264 e. The Morgan fingerprint density at radius 2 is 2.13 bits per heavy atom. The summed E-state index contributed by atoms with van der Waals surface area (Å²) in [7, 11) is 0. The number of alkyl halides is 2. The van der Waals surface area contributed by atoms with E-state index in [1.165, 1.54) is 6.07 Å². The number of carbonyl (C=O) groups excluding carboxylic acids is 1. The van der Waals surface area contributed by atoms with Crippen molar-refractivity contribution in [2.75, 3.05) is 5.73 Å². The number of hydrogen-bond donors (Lipinski definition) is 1. The van der Waals surface area contributed by atoms with Crippen LogP contribution in [0.1, 0.15) is 34.8 Å². The van der Waals surface area contributed by atoms with Crippen LogP contribution in [0.25, 0.3) is 0 Å². The Morgan fingerprint density at radius 3 is 2.53 bits per heavy atom. The summed E-state index contributed by atoms with van der Waals surface area (Å²) in [5.74, 6) is -0.589. The van der Waals surface area contributed by atoms with Gasteiger partial charge in [0, 0.05) is 11.1 Å². The highest BCUT2D eigenvalue weighted by atomic mass is 19.3. The monoisotopic (exact) mass is 210 g/mol. The number of anilines is 1. The average molecular weight is 210 g/mol. The third kappa shape index (κ3) is 1.94. The first kappa shape index (κ1) is 11.1. The van der Waals surface area contributed by atoms with Crippen LogP contribution in [-0.4, -0.2) is 5.78 Å². The van der Waals surface area contributed by atoms with Crippen LogP contribution in [0.3, 0.4) is 0 Å².